The van der Waals surface area contributed by atoms with E-state index < -0.39 is 40.3 Å². The molecule has 4 N–H and O–H groups in total. The van der Waals surface area contributed by atoms with Crippen molar-refractivity contribution in [1.29, 1.82) is 0 Å². The summed E-state index contributed by atoms with van der Waals surface area (Å²) in [6.45, 7) is 2.97. The molecule has 0 spiro atoms. The van der Waals surface area contributed by atoms with Gasteiger partial charge in [0.25, 0.3) is 0 Å². The minimum atomic E-state index is -4.39. The molecule has 0 aromatic rings. The Kier molecular flexibility index (Phi) is 6.07. The first-order valence-electron chi connectivity index (χ1n) is 5.52. The Bertz CT molecular complexity index is 422. The molecule has 0 radical (unpaired) electrons. The van der Waals surface area contributed by atoms with Crippen LogP contribution in [0, 0.1) is 0 Å². The first-order chi connectivity index (χ1) is 8.46. The molecule has 1 unspecified atom stereocenters. The van der Waals surface area contributed by atoms with Crippen molar-refractivity contribution in [3.8, 4) is 0 Å². The van der Waals surface area contributed by atoms with Crippen LogP contribution in [-0.4, -0.2) is 36.9 Å². The Morgan fingerprint density at radius 3 is 2.32 bits per heavy atom. The highest BCUT2D eigenvalue weighted by atomic mass is 32.2. The zero-order chi connectivity index (χ0) is 15.3. The molecule has 10 heteroatoms. The fourth-order valence-electron chi connectivity index (χ4n) is 1.27. The molecule has 114 valence electrons. The maximum atomic E-state index is 11.9. The fourth-order valence-corrected chi connectivity index (χ4v) is 2.83. The third kappa shape index (κ3) is 6.62. The van der Waals surface area contributed by atoms with Crippen LogP contribution < -0.4 is 10.5 Å². The van der Waals surface area contributed by atoms with E-state index in [0.717, 1.165) is 0 Å². The minimum Gasteiger partial charge on any atom is -0.409 e. The molecule has 0 aromatic heterocycles. The smallest absolute Gasteiger partial charge is 0.389 e. The number of hydrogen-bond donors (Lipinski definition) is 3. The van der Waals surface area contributed by atoms with Gasteiger partial charge in [-0.2, -0.15) is 13.2 Å². The van der Waals surface area contributed by atoms with Crippen LogP contribution in [0.4, 0.5) is 13.2 Å². The third-order valence-corrected chi connectivity index (χ3v) is 4.22. The molecule has 1 atom stereocenters. The number of nitrogens with two attached hydrogens (primary N) is 1. The van der Waals surface area contributed by atoms with Crippen LogP contribution in [0.3, 0.4) is 0 Å². The summed E-state index contributed by atoms with van der Waals surface area (Å²) in [4.78, 5) is 0. The van der Waals surface area contributed by atoms with Gasteiger partial charge in [0.15, 0.2) is 5.84 Å². The molecule has 0 rings (SSSR count). The molecule has 19 heavy (non-hydrogen) atoms. The predicted molar refractivity (Wildman–Crippen MR) is 64.3 cm³/mol. The number of rotatable bonds is 7. The SMILES string of the molecule is CCC(C)(NS(=O)(=O)CCCC(F)(F)F)C(N)=NO. The number of nitrogens with zero attached hydrogens (tertiary/aromatic N) is 1. The molecule has 0 saturated carbocycles. The highest BCUT2D eigenvalue weighted by Crippen LogP contribution is 2.22. The van der Waals surface area contributed by atoms with E-state index in [1.807, 2.05) is 0 Å². The number of halogens is 3. The summed E-state index contributed by atoms with van der Waals surface area (Å²) >= 11 is 0. The number of alkyl halides is 3. The summed E-state index contributed by atoms with van der Waals surface area (Å²) in [5.41, 5.74) is 4.03. The van der Waals surface area contributed by atoms with E-state index in [2.05, 4.69) is 9.88 Å². The normalized spacial score (nSPS) is 17.2. The van der Waals surface area contributed by atoms with Crippen molar-refractivity contribution in [1.82, 2.24) is 4.72 Å². The molecule has 0 aliphatic carbocycles. The van der Waals surface area contributed by atoms with Gasteiger partial charge in [-0.3, -0.25) is 0 Å². The monoisotopic (exact) mass is 305 g/mol. The number of oxime groups is 1. The Balaban J connectivity index is 4.68. The summed E-state index contributed by atoms with van der Waals surface area (Å²) in [6.07, 6.45) is -5.94. The van der Waals surface area contributed by atoms with Crippen LogP contribution >= 0.6 is 0 Å². The van der Waals surface area contributed by atoms with Crippen LogP contribution in [0.1, 0.15) is 33.1 Å². The lowest BCUT2D eigenvalue weighted by molar-refractivity contribution is -0.134. The van der Waals surface area contributed by atoms with Crippen molar-refractivity contribution in [2.45, 2.75) is 44.8 Å². The van der Waals surface area contributed by atoms with Gasteiger partial charge >= 0.3 is 6.18 Å². The molecular weight excluding hydrogens is 287 g/mol. The summed E-state index contributed by atoms with van der Waals surface area (Å²) in [5, 5.41) is 11.3. The summed E-state index contributed by atoms with van der Waals surface area (Å²) in [6, 6.07) is 0. The predicted octanol–water partition coefficient (Wildman–Crippen LogP) is 1.16. The maximum absolute atomic E-state index is 11.9. The largest absolute Gasteiger partial charge is 0.409 e. The molecule has 0 fully saturated rings. The molecule has 0 bridgehead atoms. The topological polar surface area (TPSA) is 105 Å². The third-order valence-electron chi connectivity index (χ3n) is 2.63. The van der Waals surface area contributed by atoms with Crippen molar-refractivity contribution < 1.29 is 26.8 Å². The van der Waals surface area contributed by atoms with Gasteiger partial charge in [-0.15, -0.1) is 0 Å². The standard InChI is InChI=1S/C9H18F3N3O3S/c1-3-8(2,7(13)14-16)15-19(17,18)6-4-5-9(10,11)12/h15-16H,3-6H2,1-2H3,(H2,13,14). The average molecular weight is 305 g/mol. The number of nitrogens with one attached hydrogen (secondary N) is 1. The lowest BCUT2D eigenvalue weighted by Crippen LogP contribution is -2.55. The van der Waals surface area contributed by atoms with Crippen LogP contribution in [-0.2, 0) is 10.0 Å². The van der Waals surface area contributed by atoms with Crippen LogP contribution in [0.5, 0.6) is 0 Å². The number of sulfonamides is 1. The van der Waals surface area contributed by atoms with Gasteiger partial charge in [-0.05, 0) is 19.8 Å². The highest BCUT2D eigenvalue weighted by Gasteiger charge is 2.33. The van der Waals surface area contributed by atoms with Gasteiger partial charge < -0.3 is 10.9 Å². The second-order valence-electron chi connectivity index (χ2n) is 4.31. The summed E-state index contributed by atoms with van der Waals surface area (Å²) in [5.74, 6) is -1.03. The van der Waals surface area contributed by atoms with Crippen molar-refractivity contribution in [2.24, 2.45) is 10.9 Å². The Morgan fingerprint density at radius 1 is 1.42 bits per heavy atom. The average Bonchev–Trinajstić information content (AvgIpc) is 2.24. The van der Waals surface area contributed by atoms with Gasteiger partial charge in [0.2, 0.25) is 10.0 Å². The lowest BCUT2D eigenvalue weighted by atomic mass is 10.00. The van der Waals surface area contributed by atoms with E-state index >= 15 is 0 Å². The van der Waals surface area contributed by atoms with Crippen LogP contribution in [0.15, 0.2) is 5.16 Å². The molecule has 0 amide bonds. The fraction of sp³-hybridized carbons (Fsp3) is 0.889. The van der Waals surface area contributed by atoms with Gasteiger partial charge in [0, 0.05) is 6.42 Å². The number of amidine groups is 1. The molecular formula is C9H18F3N3O3S. The van der Waals surface area contributed by atoms with Crippen molar-refractivity contribution in [3.63, 3.8) is 0 Å². The second-order valence-corrected chi connectivity index (χ2v) is 6.15. The van der Waals surface area contributed by atoms with Crippen molar-refractivity contribution >= 4 is 15.9 Å². The van der Waals surface area contributed by atoms with E-state index in [9.17, 15) is 21.6 Å². The van der Waals surface area contributed by atoms with E-state index in [1.165, 1.54) is 6.92 Å². The van der Waals surface area contributed by atoms with E-state index in [1.54, 1.807) is 6.92 Å². The van der Waals surface area contributed by atoms with Gasteiger partial charge in [0.1, 0.15) is 0 Å². The maximum Gasteiger partial charge on any atom is 0.389 e. The zero-order valence-corrected chi connectivity index (χ0v) is 11.5. The van der Waals surface area contributed by atoms with Gasteiger partial charge in [-0.1, -0.05) is 12.1 Å². The van der Waals surface area contributed by atoms with Crippen LogP contribution in [0.2, 0.25) is 0 Å². The zero-order valence-electron chi connectivity index (χ0n) is 10.7. The first-order valence-corrected chi connectivity index (χ1v) is 7.17. The van der Waals surface area contributed by atoms with Gasteiger partial charge in [0.05, 0.1) is 11.3 Å². The molecule has 0 saturated heterocycles. The minimum absolute atomic E-state index is 0.182. The van der Waals surface area contributed by atoms with Crippen molar-refractivity contribution in [3.05, 3.63) is 0 Å². The quantitative estimate of drug-likeness (QED) is 0.284. The molecule has 0 aliphatic heterocycles. The summed E-state index contributed by atoms with van der Waals surface area (Å²) in [7, 11) is -3.95. The van der Waals surface area contributed by atoms with E-state index in [0.29, 0.717) is 0 Å². The Morgan fingerprint density at radius 2 is 1.95 bits per heavy atom. The number of hydrogen-bond acceptors (Lipinski definition) is 4. The Labute approximate surface area is 109 Å². The lowest BCUT2D eigenvalue weighted by Gasteiger charge is -2.27. The van der Waals surface area contributed by atoms with E-state index in [-0.39, 0.29) is 12.3 Å². The molecule has 0 aliphatic rings. The van der Waals surface area contributed by atoms with Crippen molar-refractivity contribution in [2.75, 3.05) is 5.75 Å². The van der Waals surface area contributed by atoms with Crippen LogP contribution in [0.25, 0.3) is 0 Å². The summed E-state index contributed by atoms with van der Waals surface area (Å²) < 4.78 is 61.2. The second kappa shape index (κ2) is 6.42. The molecule has 0 aromatic carbocycles. The Hall–Kier alpha value is -1.03. The highest BCUT2D eigenvalue weighted by molar-refractivity contribution is 7.89. The van der Waals surface area contributed by atoms with E-state index in [4.69, 9.17) is 10.9 Å². The molecule has 6 nitrogen and oxygen atoms in total. The molecule has 0 heterocycles. The van der Waals surface area contributed by atoms with Gasteiger partial charge in [-0.25, -0.2) is 13.1 Å². The first kappa shape index (κ1) is 18.0.